The van der Waals surface area contributed by atoms with Crippen LogP contribution in [-0.2, 0) is 19.1 Å². The third-order valence-corrected chi connectivity index (χ3v) is 2.30. The van der Waals surface area contributed by atoms with Gasteiger partial charge in [0.2, 0.25) is 0 Å². The van der Waals surface area contributed by atoms with Gasteiger partial charge in [0.25, 0.3) is 0 Å². The zero-order chi connectivity index (χ0) is 18.5. The molecule has 0 aliphatic heterocycles. The fourth-order valence-corrected chi connectivity index (χ4v) is 1.13. The first-order chi connectivity index (χ1) is 10.3. The minimum absolute atomic E-state index is 0.138. The highest BCUT2D eigenvalue weighted by atomic mass is 19.4. The lowest BCUT2D eigenvalue weighted by atomic mass is 10.0. The predicted octanol–water partition coefficient (Wildman–Crippen LogP) is 2.06. The van der Waals surface area contributed by atoms with Crippen LogP contribution in [0.15, 0.2) is 24.3 Å². The Bertz CT molecular complexity index is 477. The van der Waals surface area contributed by atoms with E-state index >= 15 is 0 Å². The molecular formula is C12H12F6O5. The van der Waals surface area contributed by atoms with Gasteiger partial charge < -0.3 is 14.6 Å². The molecule has 5 nitrogen and oxygen atoms in total. The first-order valence-corrected chi connectivity index (χ1v) is 5.80. The Kier molecular flexibility index (Phi) is 6.82. The number of ether oxygens (including phenoxy) is 2. The normalized spacial score (nSPS) is 13.0. The molecule has 132 valence electrons. The lowest BCUT2D eigenvalue weighted by Gasteiger charge is -2.29. The Morgan fingerprint density at radius 2 is 1.48 bits per heavy atom. The van der Waals surface area contributed by atoms with Crippen molar-refractivity contribution in [1.29, 1.82) is 0 Å². The van der Waals surface area contributed by atoms with Crippen LogP contribution in [0.1, 0.15) is 6.92 Å². The lowest BCUT2D eigenvalue weighted by Crippen LogP contribution is -2.63. The number of halogens is 6. The van der Waals surface area contributed by atoms with Crippen molar-refractivity contribution in [3.63, 3.8) is 0 Å². The average molecular weight is 350 g/mol. The summed E-state index contributed by atoms with van der Waals surface area (Å²) >= 11 is 0. The van der Waals surface area contributed by atoms with Crippen LogP contribution in [-0.4, -0.2) is 48.2 Å². The van der Waals surface area contributed by atoms with Crippen molar-refractivity contribution in [1.82, 2.24) is 0 Å². The van der Waals surface area contributed by atoms with Crippen LogP contribution in [0.4, 0.5) is 26.3 Å². The molecule has 0 aliphatic carbocycles. The Balaban J connectivity index is 4.71. The molecular weight excluding hydrogens is 338 g/mol. The van der Waals surface area contributed by atoms with Crippen LogP contribution in [0, 0.1) is 0 Å². The van der Waals surface area contributed by atoms with E-state index in [2.05, 4.69) is 16.1 Å². The number of carbonyl (C=O) groups excluding carboxylic acids is 2. The van der Waals surface area contributed by atoms with Crippen molar-refractivity contribution in [2.24, 2.45) is 0 Å². The third-order valence-electron chi connectivity index (χ3n) is 2.30. The highest BCUT2D eigenvalue weighted by Crippen LogP contribution is 2.43. The summed E-state index contributed by atoms with van der Waals surface area (Å²) in [7, 11) is 0. The smallest absolute Gasteiger partial charge is 0.437 e. The molecule has 0 saturated heterocycles. The summed E-state index contributed by atoms with van der Waals surface area (Å²) < 4.78 is 81.9. The van der Waals surface area contributed by atoms with Crippen LogP contribution < -0.4 is 0 Å². The summed E-state index contributed by atoms with van der Waals surface area (Å²) in [4.78, 5) is 22.1. The topological polar surface area (TPSA) is 72.8 Å². The van der Waals surface area contributed by atoms with Crippen molar-refractivity contribution >= 4 is 11.9 Å². The van der Waals surface area contributed by atoms with E-state index in [4.69, 9.17) is 5.11 Å². The second kappa shape index (κ2) is 7.49. The number of carbonyl (C=O) groups is 2. The van der Waals surface area contributed by atoms with Gasteiger partial charge in [-0.3, -0.25) is 0 Å². The minimum atomic E-state index is -6.33. The van der Waals surface area contributed by atoms with Crippen LogP contribution in [0.25, 0.3) is 0 Å². The lowest BCUT2D eigenvalue weighted by molar-refractivity contribution is -0.357. The van der Waals surface area contributed by atoms with Gasteiger partial charge in [0, 0.05) is 0 Å². The molecule has 23 heavy (non-hydrogen) atoms. The summed E-state index contributed by atoms with van der Waals surface area (Å²) in [5, 5.41) is 8.66. The number of allylic oxidation sites excluding steroid dienone is 1. The highest BCUT2D eigenvalue weighted by Gasteiger charge is 2.76. The Morgan fingerprint density at radius 3 is 1.87 bits per heavy atom. The number of hydrogen-bond donors (Lipinski definition) is 1. The molecule has 0 atom stereocenters. The molecule has 11 heteroatoms. The van der Waals surface area contributed by atoms with E-state index in [0.717, 1.165) is 0 Å². The fourth-order valence-electron chi connectivity index (χ4n) is 1.13. The molecule has 0 aromatic rings. The van der Waals surface area contributed by atoms with Gasteiger partial charge in [-0.25, -0.2) is 9.59 Å². The number of esters is 2. The van der Waals surface area contributed by atoms with Gasteiger partial charge in [0.05, 0.1) is 5.57 Å². The monoisotopic (exact) mass is 350 g/mol. The van der Waals surface area contributed by atoms with Crippen molar-refractivity contribution < 1.29 is 50.5 Å². The Morgan fingerprint density at radius 1 is 1.04 bits per heavy atom. The van der Waals surface area contributed by atoms with Crippen molar-refractivity contribution in [3.8, 4) is 0 Å². The second-order valence-corrected chi connectivity index (χ2v) is 4.00. The summed E-state index contributed by atoms with van der Waals surface area (Å²) in [5.74, 6) is -3.98. The number of alkyl halides is 6. The summed E-state index contributed by atoms with van der Waals surface area (Å²) in [5.41, 5.74) is -5.81. The maximum absolute atomic E-state index is 12.3. The molecule has 0 unspecified atom stereocenters. The molecule has 0 heterocycles. The predicted molar refractivity (Wildman–Crippen MR) is 62.9 cm³/mol. The first-order valence-electron chi connectivity index (χ1n) is 5.80. The fraction of sp³-hybridized carbons (Fsp3) is 0.500. The van der Waals surface area contributed by atoms with E-state index in [1.54, 1.807) is 6.92 Å². The SMILES string of the molecule is C=C(/C=C\C)C(=O)OCCOC(=O)C(O)(C(F)(F)F)C(F)(F)F. The molecule has 0 rings (SSSR count). The van der Waals surface area contributed by atoms with Crippen LogP contribution in [0.2, 0.25) is 0 Å². The van der Waals surface area contributed by atoms with E-state index in [-0.39, 0.29) is 5.57 Å². The molecule has 1 N–H and O–H groups in total. The summed E-state index contributed by atoms with van der Waals surface area (Å²) in [6.07, 6.45) is -10.0. The zero-order valence-electron chi connectivity index (χ0n) is 11.6. The Hall–Kier alpha value is -2.04. The zero-order valence-corrected chi connectivity index (χ0v) is 11.6. The van der Waals surface area contributed by atoms with Gasteiger partial charge in [-0.05, 0) is 6.92 Å². The largest absolute Gasteiger partial charge is 0.459 e. The van der Waals surface area contributed by atoms with Crippen molar-refractivity contribution in [2.45, 2.75) is 24.9 Å². The van der Waals surface area contributed by atoms with Crippen molar-refractivity contribution in [2.75, 3.05) is 13.2 Å². The highest BCUT2D eigenvalue weighted by molar-refractivity contribution is 5.90. The van der Waals surface area contributed by atoms with Gasteiger partial charge in [-0.1, -0.05) is 18.7 Å². The van der Waals surface area contributed by atoms with E-state index in [9.17, 15) is 35.9 Å². The van der Waals surface area contributed by atoms with Crippen LogP contribution >= 0.6 is 0 Å². The number of aliphatic hydroxyl groups is 1. The van der Waals surface area contributed by atoms with Gasteiger partial charge in [0.15, 0.2) is 0 Å². The van der Waals surface area contributed by atoms with Gasteiger partial charge in [0.1, 0.15) is 13.2 Å². The van der Waals surface area contributed by atoms with E-state index < -0.39 is 43.1 Å². The second-order valence-electron chi connectivity index (χ2n) is 4.00. The molecule has 0 amide bonds. The molecule has 0 aliphatic rings. The average Bonchev–Trinajstić information content (AvgIpc) is 2.39. The van der Waals surface area contributed by atoms with Crippen LogP contribution in [0.3, 0.4) is 0 Å². The summed E-state index contributed by atoms with van der Waals surface area (Å²) in [6.45, 7) is 2.86. The molecule has 0 fully saturated rings. The standard InChI is InChI=1S/C12H12F6O5/c1-3-4-7(2)8(19)22-5-6-23-9(20)10(21,11(13,14)15)12(16,17)18/h3-4,21H,2,5-6H2,1H3/b4-3-. The van der Waals surface area contributed by atoms with E-state index in [1.165, 1.54) is 12.2 Å². The minimum Gasteiger partial charge on any atom is -0.459 e. The van der Waals surface area contributed by atoms with Gasteiger partial charge >= 0.3 is 29.9 Å². The maximum Gasteiger partial charge on any atom is 0.437 e. The molecule has 0 spiro atoms. The number of hydrogen-bond acceptors (Lipinski definition) is 5. The van der Waals surface area contributed by atoms with Gasteiger partial charge in [-0.15, -0.1) is 0 Å². The summed E-state index contributed by atoms with van der Waals surface area (Å²) in [6, 6.07) is 0. The third kappa shape index (κ3) is 4.98. The van der Waals surface area contributed by atoms with Crippen LogP contribution in [0.5, 0.6) is 0 Å². The molecule has 0 radical (unpaired) electrons. The quantitative estimate of drug-likeness (QED) is 0.261. The molecule has 0 bridgehead atoms. The van der Waals surface area contributed by atoms with E-state index in [1.807, 2.05) is 0 Å². The molecule has 0 aromatic carbocycles. The Labute approximate surface area is 126 Å². The first kappa shape index (κ1) is 21.0. The molecule has 0 aromatic heterocycles. The van der Waals surface area contributed by atoms with Crippen molar-refractivity contribution in [3.05, 3.63) is 24.3 Å². The van der Waals surface area contributed by atoms with Gasteiger partial charge in [-0.2, -0.15) is 26.3 Å². The molecule has 0 saturated carbocycles. The van der Waals surface area contributed by atoms with E-state index in [0.29, 0.717) is 0 Å². The maximum atomic E-state index is 12.3. The number of rotatable bonds is 6.